The molecular weight excluding hydrogens is 322 g/mol. The van der Waals surface area contributed by atoms with Crippen molar-refractivity contribution >= 4 is 29.0 Å². The normalized spacial score (nSPS) is 19.1. The van der Waals surface area contributed by atoms with Crippen molar-refractivity contribution in [3.05, 3.63) is 82.9 Å². The highest BCUT2D eigenvalue weighted by molar-refractivity contribution is 7.80. The summed E-state index contributed by atoms with van der Waals surface area (Å²) in [5.74, 6) is 0. The maximum Gasteiger partial charge on any atom is 0.0925 e. The van der Waals surface area contributed by atoms with Gasteiger partial charge in [0.1, 0.15) is 0 Å². The van der Waals surface area contributed by atoms with E-state index in [0.29, 0.717) is 0 Å². The first-order valence-electron chi connectivity index (χ1n) is 8.97. The molecule has 2 aromatic carbocycles. The van der Waals surface area contributed by atoms with Crippen molar-refractivity contribution in [3.8, 4) is 0 Å². The molecule has 126 valence electrons. The van der Waals surface area contributed by atoms with Crippen molar-refractivity contribution in [1.82, 2.24) is 4.90 Å². The summed E-state index contributed by atoms with van der Waals surface area (Å²) in [7, 11) is 0. The highest BCUT2D eigenvalue weighted by atomic mass is 32.1. The Hall–Kier alpha value is -2.19. The lowest BCUT2D eigenvalue weighted by molar-refractivity contribution is 0.478. The summed E-state index contributed by atoms with van der Waals surface area (Å²) in [6.45, 7) is 5.52. The van der Waals surface area contributed by atoms with Gasteiger partial charge in [-0.25, -0.2) is 0 Å². The quantitative estimate of drug-likeness (QED) is 0.630. The van der Waals surface area contributed by atoms with Crippen LogP contribution in [0.2, 0.25) is 0 Å². The molecule has 1 nitrogen and oxygen atoms in total. The summed E-state index contributed by atoms with van der Waals surface area (Å²) >= 11 is 5.91. The van der Waals surface area contributed by atoms with Crippen LogP contribution < -0.4 is 0 Å². The molecule has 4 rings (SSSR count). The molecule has 2 aliphatic rings. The first-order chi connectivity index (χ1) is 12.1. The highest BCUT2D eigenvalue weighted by Crippen LogP contribution is 2.44. The molecule has 0 bridgehead atoms. The molecule has 2 aliphatic heterocycles. The molecule has 2 heteroatoms. The van der Waals surface area contributed by atoms with Crippen LogP contribution >= 0.6 is 12.2 Å². The molecule has 0 saturated carbocycles. The standard InChI is InChI=1S/C23H23NS/c1-23(2)20-13-7-6-12-19(20)21-18(11-8-16-24(21)22(23)25)15-14-17-9-4-3-5-10-17/h3-7,9-10,12-15H,8,11,16H2,1-2H3/b15-14+. The topological polar surface area (TPSA) is 3.24 Å². The van der Waals surface area contributed by atoms with E-state index in [9.17, 15) is 0 Å². The van der Waals surface area contributed by atoms with Crippen LogP contribution in [-0.2, 0) is 5.41 Å². The fourth-order valence-electron chi connectivity index (χ4n) is 3.96. The number of hydrogen-bond donors (Lipinski definition) is 0. The van der Waals surface area contributed by atoms with Gasteiger partial charge >= 0.3 is 0 Å². The van der Waals surface area contributed by atoms with E-state index in [-0.39, 0.29) is 5.41 Å². The highest BCUT2D eigenvalue weighted by Gasteiger charge is 2.40. The third-order valence-electron chi connectivity index (χ3n) is 5.31. The van der Waals surface area contributed by atoms with Crippen LogP contribution in [0.4, 0.5) is 0 Å². The van der Waals surface area contributed by atoms with E-state index in [1.165, 1.54) is 28.0 Å². The summed E-state index contributed by atoms with van der Waals surface area (Å²) in [4.78, 5) is 3.43. The van der Waals surface area contributed by atoms with Gasteiger partial charge in [-0.15, -0.1) is 0 Å². The van der Waals surface area contributed by atoms with E-state index in [4.69, 9.17) is 12.2 Å². The minimum Gasteiger partial charge on any atom is -0.335 e. The van der Waals surface area contributed by atoms with Gasteiger partial charge < -0.3 is 4.90 Å². The molecule has 0 amide bonds. The predicted octanol–water partition coefficient (Wildman–Crippen LogP) is 5.83. The van der Waals surface area contributed by atoms with Gasteiger partial charge in [-0.1, -0.05) is 79.0 Å². The fourth-order valence-corrected chi connectivity index (χ4v) is 4.26. The minimum atomic E-state index is -0.0962. The Morgan fingerprint density at radius 3 is 2.48 bits per heavy atom. The monoisotopic (exact) mass is 345 g/mol. The van der Waals surface area contributed by atoms with Gasteiger partial charge in [-0.3, -0.25) is 0 Å². The lowest BCUT2D eigenvalue weighted by Crippen LogP contribution is -2.47. The molecule has 0 radical (unpaired) electrons. The van der Waals surface area contributed by atoms with Gasteiger partial charge in [0.25, 0.3) is 0 Å². The Balaban J connectivity index is 1.87. The zero-order chi connectivity index (χ0) is 17.4. The maximum absolute atomic E-state index is 5.91. The van der Waals surface area contributed by atoms with Crippen molar-refractivity contribution in [2.24, 2.45) is 0 Å². The zero-order valence-corrected chi connectivity index (χ0v) is 15.6. The van der Waals surface area contributed by atoms with E-state index >= 15 is 0 Å². The number of allylic oxidation sites excluding steroid dienone is 2. The third-order valence-corrected chi connectivity index (χ3v) is 6.04. The van der Waals surface area contributed by atoms with Crippen LogP contribution in [-0.4, -0.2) is 16.4 Å². The molecule has 0 fully saturated rings. The number of hydrogen-bond acceptors (Lipinski definition) is 1. The Morgan fingerprint density at radius 1 is 0.960 bits per heavy atom. The molecule has 0 spiro atoms. The fraction of sp³-hybridized carbons (Fsp3) is 0.261. The van der Waals surface area contributed by atoms with Crippen molar-refractivity contribution in [2.75, 3.05) is 6.54 Å². The summed E-state index contributed by atoms with van der Waals surface area (Å²) in [6, 6.07) is 19.3. The third kappa shape index (κ3) is 2.75. The van der Waals surface area contributed by atoms with E-state index in [1.54, 1.807) is 0 Å². The molecule has 2 aromatic rings. The Bertz CT molecular complexity index is 874. The minimum absolute atomic E-state index is 0.0962. The lowest BCUT2D eigenvalue weighted by Gasteiger charge is -2.46. The summed E-state index contributed by atoms with van der Waals surface area (Å²) in [5, 5.41) is 0. The molecule has 0 atom stereocenters. The summed E-state index contributed by atoms with van der Waals surface area (Å²) in [6.07, 6.45) is 6.76. The Morgan fingerprint density at radius 2 is 1.68 bits per heavy atom. The van der Waals surface area contributed by atoms with Crippen molar-refractivity contribution in [2.45, 2.75) is 32.1 Å². The summed E-state index contributed by atoms with van der Waals surface area (Å²) < 4.78 is 0. The molecule has 0 aromatic heterocycles. The van der Waals surface area contributed by atoms with Gasteiger partial charge in [-0.05, 0) is 43.4 Å². The van der Waals surface area contributed by atoms with Gasteiger partial charge in [0, 0.05) is 17.5 Å². The molecular formula is C23H23NS. The smallest absolute Gasteiger partial charge is 0.0925 e. The average Bonchev–Trinajstić information content (AvgIpc) is 2.65. The van der Waals surface area contributed by atoms with Crippen LogP contribution in [0, 0.1) is 0 Å². The maximum atomic E-state index is 5.91. The predicted molar refractivity (Wildman–Crippen MR) is 110 cm³/mol. The van der Waals surface area contributed by atoms with Crippen LogP contribution in [0.5, 0.6) is 0 Å². The van der Waals surface area contributed by atoms with Crippen LogP contribution in [0.15, 0.2) is 66.2 Å². The van der Waals surface area contributed by atoms with Crippen molar-refractivity contribution in [3.63, 3.8) is 0 Å². The van der Waals surface area contributed by atoms with Crippen molar-refractivity contribution < 1.29 is 0 Å². The van der Waals surface area contributed by atoms with Crippen LogP contribution in [0.25, 0.3) is 11.8 Å². The second-order valence-corrected chi connectivity index (χ2v) is 7.74. The average molecular weight is 346 g/mol. The number of benzene rings is 2. The molecule has 0 unspecified atom stereocenters. The molecule has 0 aliphatic carbocycles. The van der Waals surface area contributed by atoms with E-state index in [2.05, 4.69) is 85.5 Å². The SMILES string of the molecule is CC1(C)C(=S)N2CCCC(/C=C/c3ccccc3)=C2c2ccccc21. The van der Waals surface area contributed by atoms with Gasteiger partial charge in [0.2, 0.25) is 0 Å². The number of rotatable bonds is 2. The molecule has 0 saturated heterocycles. The zero-order valence-electron chi connectivity index (χ0n) is 14.8. The number of fused-ring (bicyclic) bond motifs is 3. The molecule has 0 N–H and O–H groups in total. The first kappa shape index (κ1) is 16.3. The first-order valence-corrected chi connectivity index (χ1v) is 9.38. The number of thiocarbonyl (C=S) groups is 1. The van der Waals surface area contributed by atoms with Gasteiger partial charge in [0.15, 0.2) is 0 Å². The second kappa shape index (κ2) is 6.27. The second-order valence-electron chi connectivity index (χ2n) is 7.35. The Labute approximate surface area is 155 Å². The van der Waals surface area contributed by atoms with Crippen molar-refractivity contribution in [1.29, 1.82) is 0 Å². The van der Waals surface area contributed by atoms with E-state index in [1.807, 2.05) is 0 Å². The Kier molecular flexibility index (Phi) is 4.09. The lowest BCUT2D eigenvalue weighted by atomic mass is 9.75. The van der Waals surface area contributed by atoms with Gasteiger partial charge in [0.05, 0.1) is 10.7 Å². The van der Waals surface area contributed by atoms with E-state index < -0.39 is 0 Å². The molecule has 2 heterocycles. The largest absolute Gasteiger partial charge is 0.335 e. The van der Waals surface area contributed by atoms with E-state index in [0.717, 1.165) is 24.4 Å². The van der Waals surface area contributed by atoms with Crippen LogP contribution in [0.3, 0.4) is 0 Å². The van der Waals surface area contributed by atoms with Gasteiger partial charge in [-0.2, -0.15) is 0 Å². The number of nitrogens with zero attached hydrogens (tertiary/aromatic N) is 1. The summed E-state index contributed by atoms with van der Waals surface area (Å²) in [5.41, 5.74) is 6.53. The van der Waals surface area contributed by atoms with Crippen LogP contribution in [0.1, 0.15) is 43.4 Å². The molecule has 25 heavy (non-hydrogen) atoms.